The lowest BCUT2D eigenvalue weighted by Crippen LogP contribution is -2.12. The Hall–Kier alpha value is -1.56. The average Bonchev–Trinajstić information content (AvgIpc) is 2.99. The zero-order valence-electron chi connectivity index (χ0n) is 8.53. The molecule has 0 N–H and O–H groups in total. The van der Waals surface area contributed by atoms with E-state index in [1.165, 1.54) is 24.0 Å². The van der Waals surface area contributed by atoms with Gasteiger partial charge in [0.25, 0.3) is 0 Å². The van der Waals surface area contributed by atoms with Crippen molar-refractivity contribution >= 4 is 5.57 Å². The Kier molecular flexibility index (Phi) is 1.19. The Labute approximate surface area is 89.6 Å². The third-order valence-electron chi connectivity index (χ3n) is 3.96. The smallest absolute Gasteiger partial charge is 0.0400 e. The van der Waals surface area contributed by atoms with Crippen LogP contribution in [-0.2, 0) is 6.42 Å². The molecule has 1 aromatic carbocycles. The molecule has 0 nitrogen and oxygen atoms in total. The zero-order chi connectivity index (χ0) is 9.88. The van der Waals surface area contributed by atoms with Gasteiger partial charge in [0.05, 0.1) is 0 Å². The third-order valence-corrected chi connectivity index (χ3v) is 3.96. The van der Waals surface area contributed by atoms with Crippen molar-refractivity contribution in [3.8, 4) is 0 Å². The van der Waals surface area contributed by atoms with E-state index in [1.807, 2.05) is 0 Å². The molecule has 0 amide bonds. The molecule has 0 fully saturated rings. The van der Waals surface area contributed by atoms with Crippen molar-refractivity contribution in [2.45, 2.75) is 12.8 Å². The molecule has 3 aliphatic rings. The van der Waals surface area contributed by atoms with Crippen molar-refractivity contribution < 1.29 is 0 Å². The minimum atomic E-state index is 0.350. The number of hydrogen-bond donors (Lipinski definition) is 0. The summed E-state index contributed by atoms with van der Waals surface area (Å²) in [6, 6.07) is 8.86. The Balaban J connectivity index is 1.97. The second-order valence-electron chi connectivity index (χ2n) is 4.64. The lowest BCUT2D eigenvalue weighted by Gasteiger charge is -2.23. The summed E-state index contributed by atoms with van der Waals surface area (Å²) in [7, 11) is 0. The van der Waals surface area contributed by atoms with Crippen LogP contribution >= 0.6 is 0 Å². The third kappa shape index (κ3) is 0.790. The minimum absolute atomic E-state index is 0.350. The molecule has 0 heteroatoms. The molecule has 0 saturated carbocycles. The van der Waals surface area contributed by atoms with E-state index in [9.17, 15) is 0 Å². The highest BCUT2D eigenvalue weighted by molar-refractivity contribution is 5.97. The lowest BCUT2D eigenvalue weighted by molar-refractivity contribution is 0.617. The van der Waals surface area contributed by atoms with Crippen molar-refractivity contribution in [1.82, 2.24) is 0 Å². The van der Waals surface area contributed by atoms with Gasteiger partial charge in [-0.1, -0.05) is 48.6 Å². The van der Waals surface area contributed by atoms with Gasteiger partial charge in [-0.15, -0.1) is 0 Å². The standard InChI is InChI=1S/C15H12/c1-2-6-12-11(5-1)8-10-15-9-4-3-7-13(15)14(12)15/h1-7,9H,8,10H2. The van der Waals surface area contributed by atoms with Crippen LogP contribution in [0.5, 0.6) is 0 Å². The van der Waals surface area contributed by atoms with Gasteiger partial charge in [-0.25, -0.2) is 0 Å². The summed E-state index contributed by atoms with van der Waals surface area (Å²) in [5.41, 5.74) is 6.53. The molecule has 4 rings (SSSR count). The van der Waals surface area contributed by atoms with Crippen LogP contribution in [0.4, 0.5) is 0 Å². The van der Waals surface area contributed by atoms with Crippen LogP contribution in [-0.4, -0.2) is 0 Å². The maximum atomic E-state index is 2.38. The second-order valence-corrected chi connectivity index (χ2v) is 4.64. The van der Waals surface area contributed by atoms with Crippen LogP contribution in [0.3, 0.4) is 0 Å². The fraction of sp³-hybridized carbons (Fsp3) is 0.200. The molecule has 0 saturated heterocycles. The van der Waals surface area contributed by atoms with Gasteiger partial charge in [0, 0.05) is 5.41 Å². The summed E-state index contributed by atoms with van der Waals surface area (Å²) >= 11 is 0. The van der Waals surface area contributed by atoms with Gasteiger partial charge in [0.15, 0.2) is 0 Å². The lowest BCUT2D eigenvalue weighted by atomic mass is 9.80. The Morgan fingerprint density at radius 1 is 1.07 bits per heavy atom. The number of aryl methyl sites for hydroxylation is 1. The van der Waals surface area contributed by atoms with Gasteiger partial charge < -0.3 is 0 Å². The fourth-order valence-electron chi connectivity index (χ4n) is 3.18. The molecule has 15 heavy (non-hydrogen) atoms. The molecule has 1 aromatic rings. The molecule has 1 unspecified atom stereocenters. The first-order valence-corrected chi connectivity index (χ1v) is 5.61. The van der Waals surface area contributed by atoms with Crippen LogP contribution in [0.1, 0.15) is 17.5 Å². The van der Waals surface area contributed by atoms with Gasteiger partial charge in [-0.05, 0) is 35.1 Å². The Morgan fingerprint density at radius 2 is 2.00 bits per heavy atom. The van der Waals surface area contributed by atoms with Gasteiger partial charge in [-0.3, -0.25) is 0 Å². The van der Waals surface area contributed by atoms with E-state index in [-0.39, 0.29) is 0 Å². The Morgan fingerprint density at radius 3 is 3.00 bits per heavy atom. The van der Waals surface area contributed by atoms with Crippen LogP contribution in [0.15, 0.2) is 54.1 Å². The molecule has 1 spiro atoms. The largest absolute Gasteiger partial charge is 0.0695 e. The summed E-state index contributed by atoms with van der Waals surface area (Å²) in [4.78, 5) is 0. The molecule has 0 heterocycles. The van der Waals surface area contributed by atoms with E-state index in [1.54, 1.807) is 11.1 Å². The molecule has 3 aliphatic carbocycles. The quantitative estimate of drug-likeness (QED) is 0.590. The highest BCUT2D eigenvalue weighted by atomic mass is 14.5. The van der Waals surface area contributed by atoms with Crippen LogP contribution < -0.4 is 0 Å². The SMILES string of the molecule is C1=CC2=C3c4ccccc4CCC23C=C1. The molecular weight excluding hydrogens is 180 g/mol. The highest BCUT2D eigenvalue weighted by Crippen LogP contribution is 2.66. The van der Waals surface area contributed by atoms with E-state index in [4.69, 9.17) is 0 Å². The van der Waals surface area contributed by atoms with Gasteiger partial charge in [0.2, 0.25) is 0 Å². The van der Waals surface area contributed by atoms with Crippen LogP contribution in [0, 0.1) is 5.41 Å². The average molecular weight is 192 g/mol. The number of hydrogen-bond acceptors (Lipinski definition) is 0. The van der Waals surface area contributed by atoms with E-state index in [0.29, 0.717) is 5.41 Å². The maximum absolute atomic E-state index is 2.38. The number of fused-ring (bicyclic) bond motifs is 2. The first-order valence-electron chi connectivity index (χ1n) is 5.61. The van der Waals surface area contributed by atoms with Crippen molar-refractivity contribution in [3.63, 3.8) is 0 Å². The number of rotatable bonds is 0. The summed E-state index contributed by atoms with van der Waals surface area (Å²) in [5, 5.41) is 0. The summed E-state index contributed by atoms with van der Waals surface area (Å²) in [6.07, 6.45) is 11.5. The number of allylic oxidation sites excluding steroid dienone is 6. The zero-order valence-corrected chi connectivity index (χ0v) is 8.53. The normalized spacial score (nSPS) is 29.6. The van der Waals surface area contributed by atoms with E-state index >= 15 is 0 Å². The topological polar surface area (TPSA) is 0 Å². The first kappa shape index (κ1) is 7.70. The molecule has 0 aromatic heterocycles. The molecule has 0 radical (unpaired) electrons. The number of benzene rings is 1. The summed E-state index contributed by atoms with van der Waals surface area (Å²) in [6.45, 7) is 0. The Bertz CT molecular complexity index is 543. The monoisotopic (exact) mass is 192 g/mol. The molecule has 0 bridgehead atoms. The van der Waals surface area contributed by atoms with Crippen molar-refractivity contribution in [2.75, 3.05) is 0 Å². The first-order chi connectivity index (χ1) is 7.42. The molecular formula is C15H12. The van der Waals surface area contributed by atoms with Gasteiger partial charge in [-0.2, -0.15) is 0 Å². The predicted molar refractivity (Wildman–Crippen MR) is 62.4 cm³/mol. The van der Waals surface area contributed by atoms with E-state index in [2.05, 4.69) is 48.6 Å². The summed E-state index contributed by atoms with van der Waals surface area (Å²) < 4.78 is 0. The van der Waals surface area contributed by atoms with E-state index < -0.39 is 0 Å². The molecule has 0 aliphatic heterocycles. The summed E-state index contributed by atoms with van der Waals surface area (Å²) in [5.74, 6) is 0. The van der Waals surface area contributed by atoms with Crippen LogP contribution in [0.25, 0.3) is 5.57 Å². The predicted octanol–water partition coefficient (Wildman–Crippen LogP) is 3.51. The minimum Gasteiger partial charge on any atom is -0.0695 e. The van der Waals surface area contributed by atoms with Gasteiger partial charge in [0.1, 0.15) is 0 Å². The molecule has 1 atom stereocenters. The molecule has 72 valence electrons. The van der Waals surface area contributed by atoms with Crippen molar-refractivity contribution in [3.05, 3.63) is 65.3 Å². The second kappa shape index (κ2) is 2.33. The van der Waals surface area contributed by atoms with Crippen LogP contribution in [0.2, 0.25) is 0 Å². The fourth-order valence-corrected chi connectivity index (χ4v) is 3.18. The van der Waals surface area contributed by atoms with Crippen molar-refractivity contribution in [1.29, 1.82) is 0 Å². The van der Waals surface area contributed by atoms with E-state index in [0.717, 1.165) is 0 Å². The van der Waals surface area contributed by atoms with Crippen molar-refractivity contribution in [2.24, 2.45) is 5.41 Å². The highest BCUT2D eigenvalue weighted by Gasteiger charge is 2.53. The maximum Gasteiger partial charge on any atom is 0.0400 e. The van der Waals surface area contributed by atoms with Gasteiger partial charge >= 0.3 is 0 Å².